The first-order valence-corrected chi connectivity index (χ1v) is 6.15. The Hall–Kier alpha value is -2.49. The van der Waals surface area contributed by atoms with Crippen molar-refractivity contribution in [3.63, 3.8) is 0 Å². The molecule has 0 radical (unpaired) electrons. The number of hydrogen-bond donors (Lipinski definition) is 2. The van der Waals surface area contributed by atoms with Crippen molar-refractivity contribution in [2.45, 2.75) is 6.42 Å². The molecule has 0 unspecified atom stereocenters. The third-order valence-electron chi connectivity index (χ3n) is 3.44. The standard InChI is InChI=1S/C15H14N2O2/c16-12-5-3-6-13-10(12)8-9-17(13)15(19)11-4-1-2-7-14(11)18/h1-7,18H,8-9,16H2. The van der Waals surface area contributed by atoms with Crippen LogP contribution in [0.3, 0.4) is 0 Å². The number of rotatable bonds is 1. The normalized spacial score (nSPS) is 13.4. The minimum absolute atomic E-state index is 0.00449. The SMILES string of the molecule is Nc1cccc2c1CCN2C(=O)c1ccccc1O. The highest BCUT2D eigenvalue weighted by Crippen LogP contribution is 2.33. The number of carbonyl (C=O) groups excluding carboxylic acids is 1. The Bertz CT molecular complexity index is 652. The van der Waals surface area contributed by atoms with E-state index in [2.05, 4.69) is 0 Å². The summed E-state index contributed by atoms with van der Waals surface area (Å²) in [4.78, 5) is 14.1. The summed E-state index contributed by atoms with van der Waals surface area (Å²) in [6, 6.07) is 12.1. The van der Waals surface area contributed by atoms with Gasteiger partial charge in [0.05, 0.1) is 5.56 Å². The maximum Gasteiger partial charge on any atom is 0.262 e. The molecule has 0 aliphatic carbocycles. The van der Waals surface area contributed by atoms with Gasteiger partial charge in [-0.1, -0.05) is 18.2 Å². The first kappa shape index (κ1) is 11.6. The molecule has 96 valence electrons. The van der Waals surface area contributed by atoms with Crippen molar-refractivity contribution in [2.24, 2.45) is 0 Å². The van der Waals surface area contributed by atoms with Crippen LogP contribution in [0.4, 0.5) is 11.4 Å². The number of nitrogens with zero attached hydrogens (tertiary/aromatic N) is 1. The van der Waals surface area contributed by atoms with E-state index in [0.717, 1.165) is 17.7 Å². The van der Waals surface area contributed by atoms with Crippen LogP contribution in [0.25, 0.3) is 0 Å². The first-order valence-electron chi connectivity index (χ1n) is 6.15. The van der Waals surface area contributed by atoms with Crippen LogP contribution < -0.4 is 10.6 Å². The molecule has 0 saturated carbocycles. The van der Waals surface area contributed by atoms with Gasteiger partial charge < -0.3 is 15.7 Å². The lowest BCUT2D eigenvalue weighted by molar-refractivity contribution is 0.0987. The number of nitrogen functional groups attached to an aromatic ring is 1. The van der Waals surface area contributed by atoms with Crippen LogP contribution in [0.2, 0.25) is 0 Å². The predicted molar refractivity (Wildman–Crippen MR) is 74.3 cm³/mol. The molecule has 1 heterocycles. The molecule has 19 heavy (non-hydrogen) atoms. The quantitative estimate of drug-likeness (QED) is 0.766. The minimum Gasteiger partial charge on any atom is -0.507 e. The van der Waals surface area contributed by atoms with Gasteiger partial charge in [0.15, 0.2) is 0 Å². The van der Waals surface area contributed by atoms with E-state index in [0.29, 0.717) is 17.8 Å². The maximum absolute atomic E-state index is 12.5. The Morgan fingerprint density at radius 2 is 1.95 bits per heavy atom. The molecule has 0 aromatic heterocycles. The van der Waals surface area contributed by atoms with Gasteiger partial charge in [-0.3, -0.25) is 4.79 Å². The number of amides is 1. The van der Waals surface area contributed by atoms with Crippen LogP contribution in [0.5, 0.6) is 5.75 Å². The highest BCUT2D eigenvalue weighted by Gasteiger charge is 2.27. The number of nitrogens with two attached hydrogens (primary N) is 1. The van der Waals surface area contributed by atoms with Gasteiger partial charge in [-0.05, 0) is 30.7 Å². The second kappa shape index (κ2) is 4.31. The van der Waals surface area contributed by atoms with Crippen molar-refractivity contribution < 1.29 is 9.90 Å². The number of anilines is 2. The van der Waals surface area contributed by atoms with Gasteiger partial charge in [0.25, 0.3) is 5.91 Å². The van der Waals surface area contributed by atoms with Gasteiger partial charge in [0, 0.05) is 23.5 Å². The number of benzene rings is 2. The number of para-hydroxylation sites is 1. The topological polar surface area (TPSA) is 66.6 Å². The zero-order valence-corrected chi connectivity index (χ0v) is 10.3. The molecule has 3 N–H and O–H groups in total. The van der Waals surface area contributed by atoms with Crippen LogP contribution in [0, 0.1) is 0 Å². The number of phenols is 1. The van der Waals surface area contributed by atoms with Crippen molar-refractivity contribution in [2.75, 3.05) is 17.2 Å². The summed E-state index contributed by atoms with van der Waals surface area (Å²) < 4.78 is 0. The van der Waals surface area contributed by atoms with Crippen LogP contribution in [-0.2, 0) is 6.42 Å². The van der Waals surface area contributed by atoms with Gasteiger partial charge in [0.2, 0.25) is 0 Å². The summed E-state index contributed by atoms with van der Waals surface area (Å²) in [5.41, 5.74) is 8.79. The van der Waals surface area contributed by atoms with E-state index in [1.165, 1.54) is 6.07 Å². The molecule has 1 aliphatic rings. The van der Waals surface area contributed by atoms with Gasteiger partial charge >= 0.3 is 0 Å². The van der Waals surface area contributed by atoms with Crippen molar-refractivity contribution in [1.29, 1.82) is 0 Å². The summed E-state index contributed by atoms with van der Waals surface area (Å²) >= 11 is 0. The summed E-state index contributed by atoms with van der Waals surface area (Å²) in [5.74, 6) is -0.188. The second-order valence-electron chi connectivity index (χ2n) is 4.57. The minimum atomic E-state index is -0.192. The average molecular weight is 254 g/mol. The van der Waals surface area contributed by atoms with Gasteiger partial charge in [0.1, 0.15) is 5.75 Å². The van der Waals surface area contributed by atoms with E-state index in [9.17, 15) is 9.90 Å². The van der Waals surface area contributed by atoms with Crippen molar-refractivity contribution in [1.82, 2.24) is 0 Å². The molecule has 1 aliphatic heterocycles. The molecule has 3 rings (SSSR count). The third-order valence-corrected chi connectivity index (χ3v) is 3.44. The Kier molecular flexibility index (Phi) is 2.63. The molecular weight excluding hydrogens is 240 g/mol. The fraction of sp³-hybridized carbons (Fsp3) is 0.133. The van der Waals surface area contributed by atoms with E-state index in [4.69, 9.17) is 5.73 Å². The van der Waals surface area contributed by atoms with Gasteiger partial charge in [-0.15, -0.1) is 0 Å². The fourth-order valence-electron chi connectivity index (χ4n) is 2.47. The van der Waals surface area contributed by atoms with E-state index >= 15 is 0 Å². The lowest BCUT2D eigenvalue weighted by atomic mass is 10.1. The predicted octanol–water partition coefficient (Wildman–Crippen LogP) is 2.18. The maximum atomic E-state index is 12.5. The monoisotopic (exact) mass is 254 g/mol. The molecule has 2 aromatic rings. The zero-order chi connectivity index (χ0) is 13.4. The third kappa shape index (κ3) is 1.81. The van der Waals surface area contributed by atoms with Crippen molar-refractivity contribution in [3.05, 3.63) is 53.6 Å². The number of fused-ring (bicyclic) bond motifs is 1. The van der Waals surface area contributed by atoms with Crippen LogP contribution in [-0.4, -0.2) is 17.6 Å². The molecule has 0 bridgehead atoms. The van der Waals surface area contributed by atoms with E-state index in [1.807, 2.05) is 18.2 Å². The first-order chi connectivity index (χ1) is 9.18. The molecular formula is C15H14N2O2. The summed E-state index contributed by atoms with van der Waals surface area (Å²) in [6.07, 6.45) is 0.751. The Labute approximate surface area is 111 Å². The Morgan fingerprint density at radius 3 is 2.74 bits per heavy atom. The van der Waals surface area contributed by atoms with Crippen LogP contribution in [0.1, 0.15) is 15.9 Å². The Balaban J connectivity index is 2.01. The van der Waals surface area contributed by atoms with E-state index in [-0.39, 0.29) is 11.7 Å². The molecule has 0 fully saturated rings. The van der Waals surface area contributed by atoms with E-state index < -0.39 is 0 Å². The zero-order valence-electron chi connectivity index (χ0n) is 10.3. The average Bonchev–Trinajstić information content (AvgIpc) is 2.84. The molecule has 4 heteroatoms. The van der Waals surface area contributed by atoms with E-state index in [1.54, 1.807) is 23.1 Å². The Morgan fingerprint density at radius 1 is 1.16 bits per heavy atom. The molecule has 2 aromatic carbocycles. The van der Waals surface area contributed by atoms with Gasteiger partial charge in [-0.25, -0.2) is 0 Å². The van der Waals surface area contributed by atoms with Crippen molar-refractivity contribution in [3.8, 4) is 5.75 Å². The largest absolute Gasteiger partial charge is 0.507 e. The molecule has 0 saturated heterocycles. The van der Waals surface area contributed by atoms with Crippen molar-refractivity contribution >= 4 is 17.3 Å². The lowest BCUT2D eigenvalue weighted by Crippen LogP contribution is -2.28. The smallest absolute Gasteiger partial charge is 0.262 e. The highest BCUT2D eigenvalue weighted by atomic mass is 16.3. The number of phenolic OH excluding ortho intramolecular Hbond substituents is 1. The summed E-state index contributed by atoms with van der Waals surface area (Å²) in [6.45, 7) is 0.594. The second-order valence-corrected chi connectivity index (χ2v) is 4.57. The summed E-state index contributed by atoms with van der Waals surface area (Å²) in [7, 11) is 0. The molecule has 0 spiro atoms. The molecule has 1 amide bonds. The van der Waals surface area contributed by atoms with Crippen LogP contribution in [0.15, 0.2) is 42.5 Å². The summed E-state index contributed by atoms with van der Waals surface area (Å²) in [5, 5.41) is 9.77. The number of hydrogen-bond acceptors (Lipinski definition) is 3. The number of carbonyl (C=O) groups is 1. The number of aromatic hydroxyl groups is 1. The molecule has 0 atom stereocenters. The highest BCUT2D eigenvalue weighted by molar-refractivity contribution is 6.09. The molecule has 4 nitrogen and oxygen atoms in total. The van der Waals surface area contributed by atoms with Crippen LogP contribution >= 0.6 is 0 Å². The van der Waals surface area contributed by atoms with Gasteiger partial charge in [-0.2, -0.15) is 0 Å². The lowest BCUT2D eigenvalue weighted by Gasteiger charge is -2.18. The fourth-order valence-corrected chi connectivity index (χ4v) is 2.47.